The second-order valence-electron chi connectivity index (χ2n) is 1.74. The molecule has 0 aromatic carbocycles. The lowest BCUT2D eigenvalue weighted by molar-refractivity contribution is 0.912. The summed E-state index contributed by atoms with van der Waals surface area (Å²) in [6.45, 7) is 1.89. The Balaban J connectivity index is 2.68. The van der Waals surface area contributed by atoms with E-state index in [0.29, 0.717) is 10.2 Å². The molecular formula is C5H7N3S2. The molecule has 1 fully saturated rings. The molecule has 0 spiro atoms. The molecule has 0 atom stereocenters. The molecule has 1 aliphatic heterocycles. The van der Waals surface area contributed by atoms with Gasteiger partial charge < -0.3 is 16.0 Å². The van der Waals surface area contributed by atoms with Crippen molar-refractivity contribution in [1.29, 1.82) is 0 Å². The van der Waals surface area contributed by atoms with Gasteiger partial charge in [0, 0.05) is 0 Å². The zero-order valence-electron chi connectivity index (χ0n) is 5.39. The molecule has 0 aromatic rings. The first kappa shape index (κ1) is 7.43. The van der Waals surface area contributed by atoms with Crippen molar-refractivity contribution in [3.8, 4) is 0 Å². The molecule has 0 saturated carbocycles. The third-order valence-electron chi connectivity index (χ3n) is 1.01. The SMILES string of the molecule is CC=C1NC(=S)NC(=S)N1. The van der Waals surface area contributed by atoms with Gasteiger partial charge in [-0.3, -0.25) is 0 Å². The number of rotatable bonds is 0. The van der Waals surface area contributed by atoms with Crippen LogP contribution < -0.4 is 16.0 Å². The Bertz CT molecular complexity index is 191. The molecular weight excluding hydrogens is 166 g/mol. The average molecular weight is 173 g/mol. The van der Waals surface area contributed by atoms with Crippen LogP contribution in [0.2, 0.25) is 0 Å². The van der Waals surface area contributed by atoms with Gasteiger partial charge in [-0.1, -0.05) is 0 Å². The van der Waals surface area contributed by atoms with Crippen molar-refractivity contribution in [2.75, 3.05) is 0 Å². The van der Waals surface area contributed by atoms with E-state index in [1.807, 2.05) is 13.0 Å². The first-order chi connectivity index (χ1) is 4.72. The van der Waals surface area contributed by atoms with Crippen LogP contribution in [-0.4, -0.2) is 10.2 Å². The Morgan fingerprint density at radius 3 is 2.00 bits per heavy atom. The first-order valence-electron chi connectivity index (χ1n) is 2.77. The number of thiocarbonyl (C=S) groups is 2. The van der Waals surface area contributed by atoms with Crippen LogP contribution in [0.3, 0.4) is 0 Å². The van der Waals surface area contributed by atoms with Gasteiger partial charge in [-0.25, -0.2) is 0 Å². The van der Waals surface area contributed by atoms with E-state index >= 15 is 0 Å². The highest BCUT2D eigenvalue weighted by molar-refractivity contribution is 7.81. The smallest absolute Gasteiger partial charge is 0.178 e. The van der Waals surface area contributed by atoms with Gasteiger partial charge in [-0.15, -0.1) is 0 Å². The molecule has 54 valence electrons. The van der Waals surface area contributed by atoms with E-state index in [9.17, 15) is 0 Å². The minimum absolute atomic E-state index is 0.539. The van der Waals surface area contributed by atoms with Crippen LogP contribution in [0.4, 0.5) is 0 Å². The molecule has 1 aliphatic rings. The summed E-state index contributed by atoms with van der Waals surface area (Å²) in [5.74, 6) is 0.828. The van der Waals surface area contributed by atoms with Crippen molar-refractivity contribution >= 4 is 34.7 Å². The zero-order chi connectivity index (χ0) is 7.56. The van der Waals surface area contributed by atoms with Crippen LogP contribution in [0.1, 0.15) is 6.92 Å². The van der Waals surface area contributed by atoms with Crippen LogP contribution in [0.5, 0.6) is 0 Å². The molecule has 1 rings (SSSR count). The number of nitrogens with one attached hydrogen (secondary N) is 3. The van der Waals surface area contributed by atoms with Crippen LogP contribution in [0, 0.1) is 0 Å². The van der Waals surface area contributed by atoms with Crippen molar-refractivity contribution in [1.82, 2.24) is 16.0 Å². The van der Waals surface area contributed by atoms with Crippen molar-refractivity contribution in [3.05, 3.63) is 11.9 Å². The topological polar surface area (TPSA) is 36.1 Å². The van der Waals surface area contributed by atoms with E-state index in [1.54, 1.807) is 0 Å². The van der Waals surface area contributed by atoms with Crippen LogP contribution >= 0.6 is 24.4 Å². The highest BCUT2D eigenvalue weighted by Gasteiger charge is 2.09. The summed E-state index contributed by atoms with van der Waals surface area (Å²) in [4.78, 5) is 0. The van der Waals surface area contributed by atoms with E-state index in [-0.39, 0.29) is 0 Å². The fraction of sp³-hybridized carbons (Fsp3) is 0.200. The van der Waals surface area contributed by atoms with Gasteiger partial charge in [-0.05, 0) is 37.4 Å². The molecule has 3 nitrogen and oxygen atoms in total. The van der Waals surface area contributed by atoms with Gasteiger partial charge in [-0.2, -0.15) is 0 Å². The molecule has 0 unspecified atom stereocenters. The molecule has 1 saturated heterocycles. The van der Waals surface area contributed by atoms with Crippen molar-refractivity contribution < 1.29 is 0 Å². The summed E-state index contributed by atoms with van der Waals surface area (Å²) in [5.41, 5.74) is 0. The van der Waals surface area contributed by atoms with Gasteiger partial charge in [0.25, 0.3) is 0 Å². The molecule has 10 heavy (non-hydrogen) atoms. The summed E-state index contributed by atoms with van der Waals surface area (Å²) >= 11 is 9.67. The van der Waals surface area contributed by atoms with Crippen LogP contribution in [-0.2, 0) is 0 Å². The van der Waals surface area contributed by atoms with Gasteiger partial charge in [0.05, 0.1) is 0 Å². The van der Waals surface area contributed by atoms with E-state index in [2.05, 4.69) is 16.0 Å². The molecule has 0 aliphatic carbocycles. The van der Waals surface area contributed by atoms with Crippen molar-refractivity contribution in [2.24, 2.45) is 0 Å². The van der Waals surface area contributed by atoms with E-state index in [4.69, 9.17) is 24.4 Å². The van der Waals surface area contributed by atoms with Gasteiger partial charge in [0.1, 0.15) is 5.82 Å². The second-order valence-corrected chi connectivity index (χ2v) is 2.55. The minimum atomic E-state index is 0.539. The van der Waals surface area contributed by atoms with E-state index < -0.39 is 0 Å². The summed E-state index contributed by atoms with van der Waals surface area (Å²) in [7, 11) is 0. The molecule has 0 amide bonds. The Hall–Kier alpha value is -0.680. The average Bonchev–Trinajstić information content (AvgIpc) is 1.85. The van der Waals surface area contributed by atoms with Crippen LogP contribution in [0.15, 0.2) is 11.9 Å². The number of hydrogen-bond donors (Lipinski definition) is 3. The maximum Gasteiger partial charge on any atom is 0.178 e. The summed E-state index contributed by atoms with van der Waals surface area (Å²) in [6.07, 6.45) is 1.86. The Morgan fingerprint density at radius 1 is 1.10 bits per heavy atom. The van der Waals surface area contributed by atoms with E-state index in [0.717, 1.165) is 5.82 Å². The predicted molar refractivity (Wildman–Crippen MR) is 48.4 cm³/mol. The monoisotopic (exact) mass is 173 g/mol. The number of allylic oxidation sites excluding steroid dienone is 1. The van der Waals surface area contributed by atoms with E-state index in [1.165, 1.54) is 0 Å². The normalized spacial score (nSPS) is 17.1. The predicted octanol–water partition coefficient (Wildman–Crippen LogP) is 0.200. The maximum absolute atomic E-state index is 4.84. The lowest BCUT2D eigenvalue weighted by Gasteiger charge is -2.21. The standard InChI is InChI=1S/C5H7N3S2/c1-2-3-6-4(9)8-5(10)7-3/h2H,1H3,(H3,6,7,8,9,10). The van der Waals surface area contributed by atoms with Crippen molar-refractivity contribution in [2.45, 2.75) is 6.92 Å². The lowest BCUT2D eigenvalue weighted by Crippen LogP contribution is -2.53. The van der Waals surface area contributed by atoms with Gasteiger partial charge in [0.15, 0.2) is 10.2 Å². The van der Waals surface area contributed by atoms with Gasteiger partial charge in [0.2, 0.25) is 0 Å². The summed E-state index contributed by atoms with van der Waals surface area (Å²) < 4.78 is 0. The molecule has 0 aromatic heterocycles. The number of hydrogen-bond acceptors (Lipinski definition) is 2. The summed E-state index contributed by atoms with van der Waals surface area (Å²) in [5, 5.41) is 9.58. The molecule has 3 N–H and O–H groups in total. The first-order valence-corrected chi connectivity index (χ1v) is 3.59. The highest BCUT2D eigenvalue weighted by Crippen LogP contribution is 1.88. The van der Waals surface area contributed by atoms with Crippen molar-refractivity contribution in [3.63, 3.8) is 0 Å². The highest BCUT2D eigenvalue weighted by atomic mass is 32.1. The molecule has 1 heterocycles. The Morgan fingerprint density at radius 2 is 1.60 bits per heavy atom. The largest absolute Gasteiger partial charge is 0.319 e. The third-order valence-corrected chi connectivity index (χ3v) is 1.42. The molecule has 0 radical (unpaired) electrons. The lowest BCUT2D eigenvalue weighted by atomic mass is 10.5. The van der Waals surface area contributed by atoms with Gasteiger partial charge >= 0.3 is 0 Å². The zero-order valence-corrected chi connectivity index (χ0v) is 7.03. The fourth-order valence-corrected chi connectivity index (χ4v) is 1.07. The Labute approximate surface area is 69.9 Å². The fourth-order valence-electron chi connectivity index (χ4n) is 0.586. The maximum atomic E-state index is 4.84. The second kappa shape index (κ2) is 2.94. The molecule has 5 heteroatoms. The quantitative estimate of drug-likeness (QED) is 0.456. The Kier molecular flexibility index (Phi) is 2.18. The van der Waals surface area contributed by atoms with Crippen LogP contribution in [0.25, 0.3) is 0 Å². The minimum Gasteiger partial charge on any atom is -0.319 e. The summed E-state index contributed by atoms with van der Waals surface area (Å²) in [6, 6.07) is 0. The third kappa shape index (κ3) is 1.65. The molecule has 0 bridgehead atoms.